The molecule has 0 radical (unpaired) electrons. The Morgan fingerprint density at radius 2 is 1.77 bits per heavy atom. The molecular weight excluding hydrogens is 288 g/mol. The van der Waals surface area contributed by atoms with Crippen LogP contribution in [-0.4, -0.2) is 25.8 Å². The third-order valence-corrected chi connectivity index (χ3v) is 3.10. The van der Waals surface area contributed by atoms with Crippen LogP contribution in [0.2, 0.25) is 0 Å². The number of rotatable bonds is 3. The summed E-state index contributed by atoms with van der Waals surface area (Å²) in [6.07, 6.45) is 0. The van der Waals surface area contributed by atoms with Crippen LogP contribution >= 0.6 is 0 Å². The van der Waals surface area contributed by atoms with Crippen molar-refractivity contribution in [2.75, 3.05) is 13.9 Å². The summed E-state index contributed by atoms with van der Waals surface area (Å²) in [5.41, 5.74) is 0.475. The van der Waals surface area contributed by atoms with Gasteiger partial charge in [-0.05, 0) is 30.3 Å². The van der Waals surface area contributed by atoms with Crippen molar-refractivity contribution in [3.05, 3.63) is 53.6 Å². The third-order valence-electron chi connectivity index (χ3n) is 3.10. The van der Waals surface area contributed by atoms with Crippen LogP contribution in [0.1, 0.15) is 20.7 Å². The minimum absolute atomic E-state index is 0.124. The quantitative estimate of drug-likeness (QED) is 0.640. The van der Waals surface area contributed by atoms with E-state index in [4.69, 9.17) is 14.2 Å². The van der Waals surface area contributed by atoms with Gasteiger partial charge in [-0.25, -0.2) is 9.59 Å². The van der Waals surface area contributed by atoms with Crippen LogP contribution in [0, 0.1) is 0 Å². The third kappa shape index (κ3) is 2.58. The summed E-state index contributed by atoms with van der Waals surface area (Å²) in [5.74, 6) is 0.0166. The lowest BCUT2D eigenvalue weighted by Crippen LogP contribution is -2.12. The van der Waals surface area contributed by atoms with E-state index in [1.54, 1.807) is 24.3 Å². The van der Waals surface area contributed by atoms with Gasteiger partial charge in [-0.1, -0.05) is 12.1 Å². The molecule has 112 valence electrons. The monoisotopic (exact) mass is 300 g/mol. The van der Waals surface area contributed by atoms with Gasteiger partial charge < -0.3 is 18.9 Å². The highest BCUT2D eigenvalue weighted by atomic mass is 16.7. The molecule has 2 aromatic rings. The molecule has 1 aliphatic rings. The normalized spacial score (nSPS) is 11.9. The Kier molecular flexibility index (Phi) is 3.65. The van der Waals surface area contributed by atoms with Gasteiger partial charge in [0, 0.05) is 0 Å². The molecule has 0 amide bonds. The highest BCUT2D eigenvalue weighted by molar-refractivity contribution is 5.96. The smallest absolute Gasteiger partial charge is 0.343 e. The van der Waals surface area contributed by atoms with E-state index in [2.05, 4.69) is 4.74 Å². The number of carbonyl (C=O) groups excluding carboxylic acids is 2. The second kappa shape index (κ2) is 5.77. The molecule has 0 saturated heterocycles. The standard InChI is InChI=1S/C16H12O6/c1-19-16(18)11-4-2-3-5-12(11)22-15(17)10-6-7-13-14(8-10)21-9-20-13/h2-8H,9H2,1H3. The summed E-state index contributed by atoms with van der Waals surface area (Å²) in [6.45, 7) is 0.124. The summed E-state index contributed by atoms with van der Waals surface area (Å²) >= 11 is 0. The first-order valence-corrected chi connectivity index (χ1v) is 6.48. The maximum atomic E-state index is 12.2. The van der Waals surface area contributed by atoms with Crippen LogP contribution < -0.4 is 14.2 Å². The van der Waals surface area contributed by atoms with Crippen molar-refractivity contribution in [3.63, 3.8) is 0 Å². The summed E-state index contributed by atoms with van der Waals surface area (Å²) < 4.78 is 20.3. The summed E-state index contributed by atoms with van der Waals surface area (Å²) in [7, 11) is 1.26. The van der Waals surface area contributed by atoms with Crippen molar-refractivity contribution in [1.82, 2.24) is 0 Å². The maximum Gasteiger partial charge on any atom is 0.343 e. The highest BCUT2D eigenvalue weighted by Crippen LogP contribution is 2.33. The van der Waals surface area contributed by atoms with Gasteiger partial charge in [0.25, 0.3) is 0 Å². The lowest BCUT2D eigenvalue weighted by molar-refractivity contribution is 0.0593. The van der Waals surface area contributed by atoms with E-state index in [9.17, 15) is 9.59 Å². The van der Waals surface area contributed by atoms with E-state index in [1.165, 1.54) is 25.3 Å². The van der Waals surface area contributed by atoms with Crippen LogP contribution in [0.3, 0.4) is 0 Å². The fourth-order valence-corrected chi connectivity index (χ4v) is 2.02. The molecule has 0 aromatic heterocycles. The molecule has 0 N–H and O–H groups in total. The zero-order valence-electron chi connectivity index (χ0n) is 11.7. The Morgan fingerprint density at radius 3 is 2.59 bits per heavy atom. The van der Waals surface area contributed by atoms with Gasteiger partial charge in [0.15, 0.2) is 11.5 Å². The number of para-hydroxylation sites is 1. The Balaban J connectivity index is 1.84. The average Bonchev–Trinajstić information content (AvgIpc) is 3.02. The van der Waals surface area contributed by atoms with E-state index >= 15 is 0 Å². The van der Waals surface area contributed by atoms with Crippen molar-refractivity contribution in [3.8, 4) is 17.2 Å². The zero-order chi connectivity index (χ0) is 15.5. The minimum Gasteiger partial charge on any atom is -0.465 e. The fraction of sp³-hybridized carbons (Fsp3) is 0.125. The largest absolute Gasteiger partial charge is 0.465 e. The lowest BCUT2D eigenvalue weighted by Gasteiger charge is -2.08. The average molecular weight is 300 g/mol. The van der Waals surface area contributed by atoms with Gasteiger partial charge in [-0.3, -0.25) is 0 Å². The molecular formula is C16H12O6. The topological polar surface area (TPSA) is 71.1 Å². The number of ether oxygens (including phenoxy) is 4. The molecule has 2 aromatic carbocycles. The summed E-state index contributed by atoms with van der Waals surface area (Å²) in [4.78, 5) is 23.9. The molecule has 1 heterocycles. The number of esters is 2. The summed E-state index contributed by atoms with van der Waals surface area (Å²) in [6, 6.07) is 11.1. The SMILES string of the molecule is COC(=O)c1ccccc1OC(=O)c1ccc2c(c1)OCO2. The van der Waals surface area contributed by atoms with Crippen LogP contribution in [0.15, 0.2) is 42.5 Å². The predicted molar refractivity (Wildman–Crippen MR) is 75.3 cm³/mol. The minimum atomic E-state index is -0.602. The molecule has 0 bridgehead atoms. The molecule has 0 spiro atoms. The molecule has 0 saturated carbocycles. The van der Waals surface area contributed by atoms with Gasteiger partial charge >= 0.3 is 11.9 Å². The Bertz CT molecular complexity index is 737. The first-order chi connectivity index (χ1) is 10.7. The van der Waals surface area contributed by atoms with E-state index < -0.39 is 11.9 Å². The molecule has 6 heteroatoms. The van der Waals surface area contributed by atoms with Crippen molar-refractivity contribution in [2.24, 2.45) is 0 Å². The Labute approximate surface area is 126 Å². The lowest BCUT2D eigenvalue weighted by atomic mass is 10.2. The van der Waals surface area contributed by atoms with Crippen LogP contribution in [0.25, 0.3) is 0 Å². The molecule has 1 aliphatic heterocycles. The molecule has 0 fully saturated rings. The molecule has 6 nitrogen and oxygen atoms in total. The van der Waals surface area contributed by atoms with Gasteiger partial charge in [0.2, 0.25) is 6.79 Å². The summed E-state index contributed by atoms with van der Waals surface area (Å²) in [5, 5.41) is 0. The number of fused-ring (bicyclic) bond motifs is 1. The van der Waals surface area contributed by atoms with Crippen molar-refractivity contribution >= 4 is 11.9 Å². The number of hydrogen-bond donors (Lipinski definition) is 0. The van der Waals surface area contributed by atoms with Crippen LogP contribution in [0.5, 0.6) is 17.2 Å². The van der Waals surface area contributed by atoms with Gasteiger partial charge in [-0.15, -0.1) is 0 Å². The number of methoxy groups -OCH3 is 1. The molecule has 22 heavy (non-hydrogen) atoms. The molecule has 0 aliphatic carbocycles. The number of carbonyl (C=O) groups is 2. The van der Waals surface area contributed by atoms with Gasteiger partial charge in [0.05, 0.1) is 12.7 Å². The van der Waals surface area contributed by atoms with E-state index in [-0.39, 0.29) is 18.1 Å². The second-order valence-corrected chi connectivity index (χ2v) is 4.45. The van der Waals surface area contributed by atoms with Crippen LogP contribution in [0.4, 0.5) is 0 Å². The molecule has 3 rings (SSSR count). The second-order valence-electron chi connectivity index (χ2n) is 4.45. The Morgan fingerprint density at radius 1 is 1.00 bits per heavy atom. The van der Waals surface area contributed by atoms with E-state index in [1.807, 2.05) is 0 Å². The van der Waals surface area contributed by atoms with Gasteiger partial charge in [0.1, 0.15) is 11.3 Å². The Hall–Kier alpha value is -3.02. The first kappa shape index (κ1) is 13.9. The van der Waals surface area contributed by atoms with Gasteiger partial charge in [-0.2, -0.15) is 0 Å². The number of benzene rings is 2. The fourth-order valence-electron chi connectivity index (χ4n) is 2.02. The van der Waals surface area contributed by atoms with Crippen molar-refractivity contribution in [1.29, 1.82) is 0 Å². The van der Waals surface area contributed by atoms with Crippen molar-refractivity contribution in [2.45, 2.75) is 0 Å². The van der Waals surface area contributed by atoms with E-state index in [0.717, 1.165) is 0 Å². The highest BCUT2D eigenvalue weighted by Gasteiger charge is 2.19. The zero-order valence-corrected chi connectivity index (χ0v) is 11.7. The van der Waals surface area contributed by atoms with Crippen LogP contribution in [-0.2, 0) is 4.74 Å². The van der Waals surface area contributed by atoms with E-state index in [0.29, 0.717) is 17.1 Å². The number of hydrogen-bond acceptors (Lipinski definition) is 6. The molecule has 0 unspecified atom stereocenters. The van der Waals surface area contributed by atoms with Crippen molar-refractivity contribution < 1.29 is 28.5 Å². The molecule has 0 atom stereocenters. The predicted octanol–water partition coefficient (Wildman–Crippen LogP) is 2.42. The first-order valence-electron chi connectivity index (χ1n) is 6.48. The maximum absolute atomic E-state index is 12.2.